The number of rotatable bonds is 7. The molecule has 0 spiro atoms. The van der Waals surface area contributed by atoms with Crippen LogP contribution in [0.25, 0.3) is 0 Å². The monoisotopic (exact) mass is 281 g/mol. The number of hydrogen-bond donors (Lipinski definition) is 1. The van der Waals surface area contributed by atoms with Gasteiger partial charge in [-0.3, -0.25) is 0 Å². The molecule has 4 heteroatoms. The molecule has 106 valence electrons. The highest BCUT2D eigenvalue weighted by atomic mass is 32.2. The molecule has 1 aliphatic rings. The van der Waals surface area contributed by atoms with E-state index in [-0.39, 0.29) is 5.75 Å². The smallest absolute Gasteiger partial charge is 0.178 e. The maximum atomic E-state index is 12.1. The van der Waals surface area contributed by atoms with Crippen LogP contribution in [0.3, 0.4) is 0 Å². The van der Waals surface area contributed by atoms with Gasteiger partial charge in [-0.15, -0.1) is 0 Å². The van der Waals surface area contributed by atoms with E-state index < -0.39 is 9.84 Å². The summed E-state index contributed by atoms with van der Waals surface area (Å²) in [6.07, 6.45) is 3.16. The summed E-state index contributed by atoms with van der Waals surface area (Å²) in [6.45, 7) is 5.01. The second-order valence-electron chi connectivity index (χ2n) is 5.62. The zero-order chi connectivity index (χ0) is 13.9. The zero-order valence-corrected chi connectivity index (χ0v) is 12.5. The quantitative estimate of drug-likeness (QED) is 0.782. The number of benzene rings is 1. The van der Waals surface area contributed by atoms with Crippen LogP contribution in [0, 0.1) is 0 Å². The Morgan fingerprint density at radius 3 is 2.37 bits per heavy atom. The molecule has 0 saturated heterocycles. The van der Waals surface area contributed by atoms with E-state index >= 15 is 0 Å². The Hall–Kier alpha value is -0.870. The molecule has 0 amide bonds. The van der Waals surface area contributed by atoms with Gasteiger partial charge in [0.1, 0.15) is 0 Å². The van der Waals surface area contributed by atoms with Crippen molar-refractivity contribution in [2.75, 3.05) is 12.3 Å². The van der Waals surface area contributed by atoms with Crippen molar-refractivity contribution in [1.29, 1.82) is 0 Å². The Bertz CT molecular complexity index is 501. The van der Waals surface area contributed by atoms with Gasteiger partial charge >= 0.3 is 0 Å². The van der Waals surface area contributed by atoms with Gasteiger partial charge in [-0.2, -0.15) is 0 Å². The highest BCUT2D eigenvalue weighted by Gasteiger charge is 2.20. The van der Waals surface area contributed by atoms with Gasteiger partial charge in [-0.1, -0.05) is 26.0 Å². The zero-order valence-electron chi connectivity index (χ0n) is 11.7. The van der Waals surface area contributed by atoms with Gasteiger partial charge in [-0.25, -0.2) is 8.42 Å². The van der Waals surface area contributed by atoms with Crippen LogP contribution in [0.4, 0.5) is 0 Å². The molecule has 1 aromatic carbocycles. The third kappa shape index (κ3) is 4.32. The lowest BCUT2D eigenvalue weighted by atomic mass is 10.0. The van der Waals surface area contributed by atoms with Crippen LogP contribution >= 0.6 is 0 Å². The minimum absolute atomic E-state index is 0.230. The van der Waals surface area contributed by atoms with Crippen LogP contribution < -0.4 is 5.32 Å². The average Bonchev–Trinajstić information content (AvgIpc) is 3.19. The van der Waals surface area contributed by atoms with Gasteiger partial charge in [0, 0.05) is 6.04 Å². The van der Waals surface area contributed by atoms with E-state index in [4.69, 9.17) is 0 Å². The summed E-state index contributed by atoms with van der Waals surface area (Å²) in [5.41, 5.74) is 1.18. The Morgan fingerprint density at radius 1 is 1.21 bits per heavy atom. The molecule has 0 atom stereocenters. The van der Waals surface area contributed by atoms with Crippen molar-refractivity contribution < 1.29 is 8.42 Å². The summed E-state index contributed by atoms with van der Waals surface area (Å²) in [4.78, 5) is 0.448. The molecule has 19 heavy (non-hydrogen) atoms. The lowest BCUT2D eigenvalue weighted by molar-refractivity contribution is 0.588. The first kappa shape index (κ1) is 14.5. The normalized spacial score (nSPS) is 15.9. The first-order chi connectivity index (χ1) is 8.99. The van der Waals surface area contributed by atoms with Crippen LogP contribution in [0.2, 0.25) is 0 Å². The third-order valence-electron chi connectivity index (χ3n) is 3.51. The molecule has 0 aromatic heterocycles. The molecular formula is C15H23NO2S. The molecule has 3 nitrogen and oxygen atoms in total. The number of hydrogen-bond acceptors (Lipinski definition) is 3. The van der Waals surface area contributed by atoms with Gasteiger partial charge < -0.3 is 5.32 Å². The minimum Gasteiger partial charge on any atom is -0.314 e. The van der Waals surface area contributed by atoms with Crippen LogP contribution in [0.15, 0.2) is 29.2 Å². The van der Waals surface area contributed by atoms with Crippen molar-refractivity contribution in [2.24, 2.45) is 0 Å². The molecule has 0 bridgehead atoms. The van der Waals surface area contributed by atoms with Gasteiger partial charge in [0.15, 0.2) is 9.84 Å². The van der Waals surface area contributed by atoms with Crippen LogP contribution in [0.1, 0.15) is 44.6 Å². The SMILES string of the molecule is CC(C)c1ccc(S(=O)(=O)CCCNC2CC2)cc1. The van der Waals surface area contributed by atoms with Crippen molar-refractivity contribution >= 4 is 9.84 Å². The standard InChI is InChI=1S/C15H23NO2S/c1-12(2)13-4-8-15(9-5-13)19(17,18)11-3-10-16-14-6-7-14/h4-5,8-9,12,14,16H,3,6-7,10-11H2,1-2H3. The van der Waals surface area contributed by atoms with E-state index in [2.05, 4.69) is 19.2 Å². The summed E-state index contributed by atoms with van der Waals surface area (Å²) in [6, 6.07) is 7.95. The summed E-state index contributed by atoms with van der Waals surface area (Å²) in [5.74, 6) is 0.660. The molecule has 2 rings (SSSR count). The lowest BCUT2D eigenvalue weighted by Gasteiger charge is -2.08. The van der Waals surface area contributed by atoms with Gasteiger partial charge in [0.25, 0.3) is 0 Å². The fraction of sp³-hybridized carbons (Fsp3) is 0.600. The third-order valence-corrected chi connectivity index (χ3v) is 5.32. The molecule has 1 fully saturated rings. The van der Waals surface area contributed by atoms with E-state index in [0.717, 1.165) is 6.54 Å². The van der Waals surface area contributed by atoms with Crippen LogP contribution in [0.5, 0.6) is 0 Å². The van der Waals surface area contributed by atoms with Crippen molar-refractivity contribution in [2.45, 2.75) is 50.0 Å². The van der Waals surface area contributed by atoms with E-state index in [1.807, 2.05) is 12.1 Å². The summed E-state index contributed by atoms with van der Waals surface area (Å²) in [5, 5.41) is 3.34. The maximum Gasteiger partial charge on any atom is 0.178 e. The van der Waals surface area contributed by atoms with Crippen LogP contribution in [-0.2, 0) is 9.84 Å². The van der Waals surface area contributed by atoms with Crippen molar-refractivity contribution in [3.05, 3.63) is 29.8 Å². The number of sulfone groups is 1. The van der Waals surface area contributed by atoms with E-state index in [9.17, 15) is 8.42 Å². The predicted molar refractivity (Wildman–Crippen MR) is 78.2 cm³/mol. The Labute approximate surface area is 116 Å². The Morgan fingerprint density at radius 2 is 1.84 bits per heavy atom. The molecule has 0 radical (unpaired) electrons. The molecule has 0 aliphatic heterocycles. The number of nitrogens with one attached hydrogen (secondary N) is 1. The van der Waals surface area contributed by atoms with E-state index in [1.165, 1.54) is 18.4 Å². The molecular weight excluding hydrogens is 258 g/mol. The first-order valence-corrected chi connectivity index (χ1v) is 8.70. The molecule has 0 unspecified atom stereocenters. The van der Waals surface area contributed by atoms with Crippen molar-refractivity contribution in [3.8, 4) is 0 Å². The fourth-order valence-electron chi connectivity index (χ4n) is 2.03. The second kappa shape index (κ2) is 6.06. The fourth-order valence-corrected chi connectivity index (χ4v) is 3.34. The van der Waals surface area contributed by atoms with Crippen molar-refractivity contribution in [3.63, 3.8) is 0 Å². The second-order valence-corrected chi connectivity index (χ2v) is 7.73. The predicted octanol–water partition coefficient (Wildman–Crippen LogP) is 2.73. The first-order valence-electron chi connectivity index (χ1n) is 7.05. The molecule has 1 saturated carbocycles. The van der Waals surface area contributed by atoms with Crippen molar-refractivity contribution in [1.82, 2.24) is 5.32 Å². The topological polar surface area (TPSA) is 46.2 Å². The average molecular weight is 281 g/mol. The molecule has 1 aliphatic carbocycles. The molecule has 1 aromatic rings. The molecule has 0 heterocycles. The van der Waals surface area contributed by atoms with E-state index in [1.54, 1.807) is 12.1 Å². The largest absolute Gasteiger partial charge is 0.314 e. The summed E-state index contributed by atoms with van der Waals surface area (Å²) >= 11 is 0. The van der Waals surface area contributed by atoms with Gasteiger partial charge in [0.05, 0.1) is 10.6 Å². The van der Waals surface area contributed by atoms with Gasteiger partial charge in [0.2, 0.25) is 0 Å². The summed E-state index contributed by atoms with van der Waals surface area (Å²) in [7, 11) is -3.12. The highest BCUT2D eigenvalue weighted by Crippen LogP contribution is 2.20. The minimum atomic E-state index is -3.12. The summed E-state index contributed by atoms with van der Waals surface area (Å²) < 4.78 is 24.3. The molecule has 1 N–H and O–H groups in total. The highest BCUT2D eigenvalue weighted by molar-refractivity contribution is 7.91. The van der Waals surface area contributed by atoms with E-state index in [0.29, 0.717) is 23.3 Å². The van der Waals surface area contributed by atoms with Crippen LogP contribution in [-0.4, -0.2) is 26.8 Å². The Kier molecular flexibility index (Phi) is 4.63. The Balaban J connectivity index is 1.89. The maximum absolute atomic E-state index is 12.1. The van der Waals surface area contributed by atoms with Gasteiger partial charge in [-0.05, 0) is 49.4 Å². The lowest BCUT2D eigenvalue weighted by Crippen LogP contribution is -2.20.